The fourth-order valence-corrected chi connectivity index (χ4v) is 7.71. The molecule has 0 aromatic rings. The zero-order chi connectivity index (χ0) is 14.5. The van der Waals surface area contributed by atoms with E-state index in [2.05, 4.69) is 0 Å². The molecule has 4 rings (SSSR count). The molecule has 0 aliphatic heterocycles. The molecule has 20 heavy (non-hydrogen) atoms. The van der Waals surface area contributed by atoms with Gasteiger partial charge in [-0.2, -0.15) is 0 Å². The van der Waals surface area contributed by atoms with E-state index in [0.29, 0.717) is 0 Å². The maximum atomic E-state index is 12.3. The highest BCUT2D eigenvalue weighted by Crippen LogP contribution is 2.61. The summed E-state index contributed by atoms with van der Waals surface area (Å²) in [5, 5.41) is 0. The molecular weight excluding hydrogens is 270 g/mol. The molecule has 1 unspecified atom stereocenters. The van der Waals surface area contributed by atoms with Crippen LogP contribution in [0.25, 0.3) is 0 Å². The highest BCUT2D eigenvalue weighted by atomic mass is 32.2. The second-order valence-electron chi connectivity index (χ2n) is 8.36. The van der Waals surface area contributed by atoms with E-state index < -0.39 is 9.84 Å². The first-order valence-corrected chi connectivity index (χ1v) is 10.1. The predicted octanol–water partition coefficient (Wildman–Crippen LogP) is 2.60. The van der Waals surface area contributed by atoms with Gasteiger partial charge in [0, 0.05) is 6.04 Å². The van der Waals surface area contributed by atoms with Gasteiger partial charge in [0.1, 0.15) is 0 Å². The Labute approximate surface area is 123 Å². The highest BCUT2D eigenvalue weighted by molar-refractivity contribution is 7.91. The van der Waals surface area contributed by atoms with Crippen LogP contribution in [-0.4, -0.2) is 26.0 Å². The van der Waals surface area contributed by atoms with Crippen LogP contribution in [-0.2, 0) is 9.84 Å². The highest BCUT2D eigenvalue weighted by Gasteiger charge is 2.53. The number of hydrogen-bond acceptors (Lipinski definition) is 3. The van der Waals surface area contributed by atoms with Crippen molar-refractivity contribution >= 4 is 9.84 Å². The van der Waals surface area contributed by atoms with Crippen LogP contribution < -0.4 is 5.73 Å². The van der Waals surface area contributed by atoms with Crippen LogP contribution in [0.5, 0.6) is 0 Å². The van der Waals surface area contributed by atoms with E-state index in [-0.39, 0.29) is 28.9 Å². The molecule has 4 heteroatoms. The van der Waals surface area contributed by atoms with Crippen molar-refractivity contribution in [2.75, 3.05) is 11.5 Å². The Morgan fingerprint density at radius 1 is 1.00 bits per heavy atom. The Balaban J connectivity index is 1.72. The maximum absolute atomic E-state index is 12.3. The minimum Gasteiger partial charge on any atom is -0.326 e. The van der Waals surface area contributed by atoms with Gasteiger partial charge in [0.2, 0.25) is 0 Å². The number of sulfone groups is 1. The third-order valence-corrected chi connectivity index (χ3v) is 7.93. The van der Waals surface area contributed by atoms with Crippen molar-refractivity contribution in [3.8, 4) is 0 Å². The lowest BCUT2D eigenvalue weighted by Gasteiger charge is -2.58. The zero-order valence-electron chi connectivity index (χ0n) is 12.8. The van der Waals surface area contributed by atoms with E-state index in [9.17, 15) is 8.42 Å². The Kier molecular flexibility index (Phi) is 3.69. The van der Waals surface area contributed by atoms with Crippen LogP contribution in [0.4, 0.5) is 0 Å². The van der Waals surface area contributed by atoms with E-state index in [0.717, 1.165) is 17.8 Å². The van der Waals surface area contributed by atoms with Crippen LogP contribution in [0, 0.1) is 29.1 Å². The smallest absolute Gasteiger partial charge is 0.152 e. The third-order valence-electron chi connectivity index (χ3n) is 5.89. The van der Waals surface area contributed by atoms with Gasteiger partial charge in [-0.3, -0.25) is 0 Å². The topological polar surface area (TPSA) is 60.2 Å². The molecule has 4 saturated carbocycles. The second kappa shape index (κ2) is 4.98. The van der Waals surface area contributed by atoms with E-state index in [4.69, 9.17) is 5.73 Å². The third kappa shape index (κ3) is 2.78. The van der Waals surface area contributed by atoms with Gasteiger partial charge in [-0.25, -0.2) is 8.42 Å². The predicted molar refractivity (Wildman–Crippen MR) is 82.1 cm³/mol. The first-order valence-electron chi connectivity index (χ1n) is 8.24. The minimum atomic E-state index is -3.00. The van der Waals surface area contributed by atoms with Gasteiger partial charge in [-0.05, 0) is 67.6 Å². The van der Waals surface area contributed by atoms with Crippen LogP contribution >= 0.6 is 0 Å². The Hall–Kier alpha value is -0.0900. The molecule has 2 N–H and O–H groups in total. The quantitative estimate of drug-likeness (QED) is 0.849. The largest absolute Gasteiger partial charge is 0.326 e. The summed E-state index contributed by atoms with van der Waals surface area (Å²) in [6.45, 7) is 3.93. The van der Waals surface area contributed by atoms with E-state index in [1.54, 1.807) is 0 Å². The number of hydrogen-bond donors (Lipinski definition) is 1. The first kappa shape index (κ1) is 14.8. The van der Waals surface area contributed by atoms with E-state index in [1.807, 2.05) is 13.8 Å². The molecule has 0 radical (unpaired) electrons. The molecule has 3 nitrogen and oxygen atoms in total. The maximum Gasteiger partial charge on any atom is 0.152 e. The first-order chi connectivity index (χ1) is 9.28. The summed E-state index contributed by atoms with van der Waals surface area (Å²) >= 11 is 0. The molecule has 4 bridgehead atoms. The number of nitrogens with two attached hydrogens (primary N) is 1. The minimum absolute atomic E-state index is 0.139. The van der Waals surface area contributed by atoms with Gasteiger partial charge in [0.25, 0.3) is 0 Å². The van der Waals surface area contributed by atoms with Crippen LogP contribution in [0.3, 0.4) is 0 Å². The average molecular weight is 299 g/mol. The van der Waals surface area contributed by atoms with Gasteiger partial charge in [0.15, 0.2) is 9.84 Å². The summed E-state index contributed by atoms with van der Waals surface area (Å²) in [5.41, 5.74) is 6.61. The van der Waals surface area contributed by atoms with Crippen LogP contribution in [0.15, 0.2) is 0 Å². The summed E-state index contributed by atoms with van der Waals surface area (Å²) in [5.74, 6) is 3.19. The van der Waals surface area contributed by atoms with Gasteiger partial charge in [0.05, 0.1) is 11.5 Å². The van der Waals surface area contributed by atoms with Crippen molar-refractivity contribution in [3.63, 3.8) is 0 Å². The lowest BCUT2D eigenvalue weighted by atomic mass is 9.48. The van der Waals surface area contributed by atoms with Gasteiger partial charge >= 0.3 is 0 Å². The normalized spacial score (nSPS) is 41.3. The summed E-state index contributed by atoms with van der Waals surface area (Å²) in [6.07, 6.45) is 7.71. The van der Waals surface area contributed by atoms with Gasteiger partial charge in [-0.1, -0.05) is 13.8 Å². The van der Waals surface area contributed by atoms with Crippen molar-refractivity contribution < 1.29 is 8.42 Å². The second-order valence-corrected chi connectivity index (χ2v) is 10.5. The van der Waals surface area contributed by atoms with Crippen molar-refractivity contribution in [1.29, 1.82) is 0 Å². The summed E-state index contributed by atoms with van der Waals surface area (Å²) < 4.78 is 24.5. The molecule has 0 amide bonds. The molecule has 0 aromatic heterocycles. The molecule has 0 heterocycles. The molecule has 0 spiro atoms. The summed E-state index contributed by atoms with van der Waals surface area (Å²) in [7, 11) is -3.00. The molecule has 4 fully saturated rings. The average Bonchev–Trinajstić information content (AvgIpc) is 2.23. The molecular formula is C16H29NO2S. The molecule has 0 saturated heterocycles. The standard InChI is InChI=1S/C16H29NO2S/c1-11(2)9-20(18,19)10-15(17)16-6-12-3-13(7-16)5-14(4-12)8-16/h11-15H,3-10,17H2,1-2H3. The van der Waals surface area contributed by atoms with E-state index >= 15 is 0 Å². The van der Waals surface area contributed by atoms with Crippen LogP contribution in [0.1, 0.15) is 52.4 Å². The Bertz CT molecular complexity index is 434. The molecule has 4 aliphatic carbocycles. The summed E-state index contributed by atoms with van der Waals surface area (Å²) in [4.78, 5) is 0. The Morgan fingerprint density at radius 2 is 1.45 bits per heavy atom. The van der Waals surface area contributed by atoms with E-state index in [1.165, 1.54) is 38.5 Å². The summed E-state index contributed by atoms with van der Waals surface area (Å²) in [6, 6.07) is -0.139. The monoisotopic (exact) mass is 299 g/mol. The zero-order valence-corrected chi connectivity index (χ0v) is 13.7. The van der Waals surface area contributed by atoms with Crippen molar-refractivity contribution in [1.82, 2.24) is 0 Å². The van der Waals surface area contributed by atoms with Gasteiger partial charge in [-0.15, -0.1) is 0 Å². The molecule has 0 aromatic carbocycles. The van der Waals surface area contributed by atoms with Crippen molar-refractivity contribution in [2.45, 2.75) is 58.4 Å². The lowest BCUT2D eigenvalue weighted by Crippen LogP contribution is -2.56. The fourth-order valence-electron chi connectivity index (χ4n) is 5.66. The van der Waals surface area contributed by atoms with Gasteiger partial charge < -0.3 is 5.73 Å². The molecule has 1 atom stereocenters. The molecule has 116 valence electrons. The fraction of sp³-hybridized carbons (Fsp3) is 1.00. The Morgan fingerprint density at radius 3 is 1.85 bits per heavy atom. The SMILES string of the molecule is CC(C)CS(=O)(=O)CC(N)C12CC3CC(CC(C3)C1)C2. The van der Waals surface area contributed by atoms with Crippen molar-refractivity contribution in [3.05, 3.63) is 0 Å². The van der Waals surface area contributed by atoms with Crippen molar-refractivity contribution in [2.24, 2.45) is 34.8 Å². The lowest BCUT2D eigenvalue weighted by molar-refractivity contribution is -0.0632. The molecule has 4 aliphatic rings. The number of rotatable bonds is 5. The van der Waals surface area contributed by atoms with Crippen LogP contribution in [0.2, 0.25) is 0 Å².